The first kappa shape index (κ1) is 12.3. The minimum atomic E-state index is 0.332. The molecule has 0 spiro atoms. The van der Waals surface area contributed by atoms with Gasteiger partial charge in [0.2, 0.25) is 0 Å². The van der Waals surface area contributed by atoms with Crippen molar-refractivity contribution in [3.8, 4) is 0 Å². The summed E-state index contributed by atoms with van der Waals surface area (Å²) in [6.45, 7) is 0. The first-order valence-electron chi connectivity index (χ1n) is 6.15. The zero-order valence-electron chi connectivity index (χ0n) is 9.46. The van der Waals surface area contributed by atoms with Crippen molar-refractivity contribution in [2.24, 2.45) is 5.92 Å². The summed E-state index contributed by atoms with van der Waals surface area (Å²) in [5.41, 5.74) is 1.25. The van der Waals surface area contributed by atoms with Crippen LogP contribution in [0.5, 0.6) is 0 Å². The first-order valence-corrected chi connectivity index (χ1v) is 6.96. The Labute approximate surface area is 108 Å². The van der Waals surface area contributed by atoms with Crippen molar-refractivity contribution in [3.63, 3.8) is 0 Å². The zero-order valence-corrected chi connectivity index (χ0v) is 11.0. The molecule has 1 aliphatic rings. The van der Waals surface area contributed by atoms with E-state index < -0.39 is 0 Å². The monoisotopic (exact) mass is 256 g/mol. The SMILES string of the molecule is Clc1ccccc1CC1CCCCCC1Cl. The van der Waals surface area contributed by atoms with E-state index in [9.17, 15) is 0 Å². The average molecular weight is 257 g/mol. The second-order valence-electron chi connectivity index (χ2n) is 4.71. The maximum absolute atomic E-state index is 6.45. The third kappa shape index (κ3) is 3.15. The minimum Gasteiger partial charge on any atom is -0.123 e. The van der Waals surface area contributed by atoms with Crippen LogP contribution in [-0.4, -0.2) is 5.38 Å². The molecule has 1 aromatic carbocycles. The molecule has 0 N–H and O–H groups in total. The molecule has 0 radical (unpaired) electrons. The number of alkyl halides is 1. The molecule has 0 saturated heterocycles. The summed E-state index contributed by atoms with van der Waals surface area (Å²) in [6.07, 6.45) is 7.39. The van der Waals surface area contributed by atoms with Gasteiger partial charge in [-0.3, -0.25) is 0 Å². The van der Waals surface area contributed by atoms with Gasteiger partial charge >= 0.3 is 0 Å². The molecule has 2 unspecified atom stereocenters. The lowest BCUT2D eigenvalue weighted by atomic mass is 9.92. The lowest BCUT2D eigenvalue weighted by Crippen LogP contribution is -2.16. The normalized spacial score (nSPS) is 26.4. The summed E-state index contributed by atoms with van der Waals surface area (Å²) in [5.74, 6) is 0.601. The van der Waals surface area contributed by atoms with Gasteiger partial charge in [-0.05, 0) is 36.8 Å². The van der Waals surface area contributed by atoms with Crippen LogP contribution in [0.15, 0.2) is 24.3 Å². The third-order valence-corrected chi connectivity index (χ3v) is 4.45. The maximum Gasteiger partial charge on any atom is 0.0438 e. The molecular weight excluding hydrogens is 239 g/mol. The Balaban J connectivity index is 2.05. The molecule has 1 fully saturated rings. The average Bonchev–Trinajstić information content (AvgIpc) is 2.48. The Hall–Kier alpha value is -0.200. The number of halogens is 2. The largest absolute Gasteiger partial charge is 0.123 e. The molecule has 1 aromatic rings. The van der Waals surface area contributed by atoms with E-state index in [4.69, 9.17) is 23.2 Å². The Morgan fingerprint density at radius 1 is 1.06 bits per heavy atom. The van der Waals surface area contributed by atoms with Crippen molar-refractivity contribution < 1.29 is 0 Å². The molecular formula is C14H18Cl2. The van der Waals surface area contributed by atoms with Crippen LogP contribution >= 0.6 is 23.2 Å². The van der Waals surface area contributed by atoms with Crippen LogP contribution in [0.4, 0.5) is 0 Å². The van der Waals surface area contributed by atoms with E-state index in [-0.39, 0.29) is 0 Å². The van der Waals surface area contributed by atoms with Crippen molar-refractivity contribution in [1.82, 2.24) is 0 Å². The second-order valence-corrected chi connectivity index (χ2v) is 5.68. The summed E-state index contributed by atoms with van der Waals surface area (Å²) in [5, 5.41) is 1.22. The molecule has 88 valence electrons. The van der Waals surface area contributed by atoms with Gasteiger partial charge in [0.25, 0.3) is 0 Å². The highest BCUT2D eigenvalue weighted by molar-refractivity contribution is 6.31. The predicted octanol–water partition coefficient (Wildman–Crippen LogP) is 5.07. The Morgan fingerprint density at radius 3 is 2.62 bits per heavy atom. The standard InChI is InChI=1S/C14H18Cl2/c15-13-8-3-1-2-6-11(13)10-12-7-4-5-9-14(12)16/h4-5,7,9,11,13H,1-3,6,8,10H2. The molecule has 0 heterocycles. The molecule has 1 saturated carbocycles. The maximum atomic E-state index is 6.45. The quantitative estimate of drug-likeness (QED) is 0.512. The van der Waals surface area contributed by atoms with Crippen LogP contribution in [0.3, 0.4) is 0 Å². The summed E-state index contributed by atoms with van der Waals surface area (Å²) in [4.78, 5) is 0. The first-order chi connectivity index (χ1) is 7.77. The molecule has 16 heavy (non-hydrogen) atoms. The molecule has 1 aliphatic carbocycles. The van der Waals surface area contributed by atoms with Gasteiger partial charge < -0.3 is 0 Å². The van der Waals surface area contributed by atoms with Crippen LogP contribution < -0.4 is 0 Å². The van der Waals surface area contributed by atoms with Gasteiger partial charge in [-0.1, -0.05) is 49.1 Å². The van der Waals surface area contributed by atoms with Crippen LogP contribution in [-0.2, 0) is 6.42 Å². The van der Waals surface area contributed by atoms with Crippen molar-refractivity contribution in [3.05, 3.63) is 34.9 Å². The molecule has 0 amide bonds. The highest BCUT2D eigenvalue weighted by atomic mass is 35.5. The molecule has 0 bridgehead atoms. The molecule has 2 heteroatoms. The third-order valence-electron chi connectivity index (χ3n) is 3.51. The fourth-order valence-corrected chi connectivity index (χ4v) is 3.10. The van der Waals surface area contributed by atoms with E-state index in [2.05, 4.69) is 12.1 Å². The van der Waals surface area contributed by atoms with Crippen LogP contribution in [0, 0.1) is 5.92 Å². The van der Waals surface area contributed by atoms with E-state index in [1.807, 2.05) is 12.1 Å². The second kappa shape index (κ2) is 5.93. The Kier molecular flexibility index (Phi) is 4.55. The van der Waals surface area contributed by atoms with Gasteiger partial charge in [-0.25, -0.2) is 0 Å². The van der Waals surface area contributed by atoms with Gasteiger partial charge in [0.15, 0.2) is 0 Å². The van der Waals surface area contributed by atoms with E-state index >= 15 is 0 Å². The summed E-state index contributed by atoms with van der Waals surface area (Å²) in [7, 11) is 0. The van der Waals surface area contributed by atoms with Crippen molar-refractivity contribution in [2.75, 3.05) is 0 Å². The van der Waals surface area contributed by atoms with E-state index in [1.165, 1.54) is 31.2 Å². The number of hydrogen-bond donors (Lipinski definition) is 0. The topological polar surface area (TPSA) is 0 Å². The Morgan fingerprint density at radius 2 is 1.81 bits per heavy atom. The Bertz CT molecular complexity index is 335. The lowest BCUT2D eigenvalue weighted by Gasteiger charge is -2.20. The van der Waals surface area contributed by atoms with E-state index in [1.54, 1.807) is 0 Å². The summed E-state index contributed by atoms with van der Waals surface area (Å²) < 4.78 is 0. The number of benzene rings is 1. The molecule has 0 nitrogen and oxygen atoms in total. The van der Waals surface area contributed by atoms with Crippen LogP contribution in [0.25, 0.3) is 0 Å². The van der Waals surface area contributed by atoms with Gasteiger partial charge in [0, 0.05) is 10.4 Å². The molecule has 2 rings (SSSR count). The van der Waals surface area contributed by atoms with Crippen LogP contribution in [0.2, 0.25) is 5.02 Å². The van der Waals surface area contributed by atoms with Gasteiger partial charge in [0.05, 0.1) is 0 Å². The van der Waals surface area contributed by atoms with Crippen molar-refractivity contribution >= 4 is 23.2 Å². The van der Waals surface area contributed by atoms with E-state index in [0.717, 1.165) is 17.9 Å². The zero-order chi connectivity index (χ0) is 11.4. The van der Waals surface area contributed by atoms with Gasteiger partial charge in [-0.15, -0.1) is 11.6 Å². The van der Waals surface area contributed by atoms with Crippen molar-refractivity contribution in [1.29, 1.82) is 0 Å². The van der Waals surface area contributed by atoms with E-state index in [0.29, 0.717) is 11.3 Å². The minimum absolute atomic E-state index is 0.332. The number of rotatable bonds is 2. The highest BCUT2D eigenvalue weighted by Gasteiger charge is 2.22. The van der Waals surface area contributed by atoms with Crippen LogP contribution in [0.1, 0.15) is 37.7 Å². The summed E-state index contributed by atoms with van der Waals surface area (Å²) in [6, 6.07) is 8.13. The number of hydrogen-bond acceptors (Lipinski definition) is 0. The highest BCUT2D eigenvalue weighted by Crippen LogP contribution is 2.31. The fourth-order valence-electron chi connectivity index (χ4n) is 2.52. The van der Waals surface area contributed by atoms with Gasteiger partial charge in [-0.2, -0.15) is 0 Å². The lowest BCUT2D eigenvalue weighted by molar-refractivity contribution is 0.465. The fraction of sp³-hybridized carbons (Fsp3) is 0.571. The van der Waals surface area contributed by atoms with Crippen molar-refractivity contribution in [2.45, 2.75) is 43.9 Å². The molecule has 0 aromatic heterocycles. The molecule has 0 aliphatic heterocycles. The summed E-state index contributed by atoms with van der Waals surface area (Å²) >= 11 is 12.6. The predicted molar refractivity (Wildman–Crippen MR) is 71.4 cm³/mol. The van der Waals surface area contributed by atoms with Gasteiger partial charge in [0.1, 0.15) is 0 Å². The molecule has 2 atom stereocenters. The smallest absolute Gasteiger partial charge is 0.0438 e.